The van der Waals surface area contributed by atoms with E-state index in [0.29, 0.717) is 19.1 Å². The molecule has 1 N–H and O–H groups in total. The first-order valence-corrected chi connectivity index (χ1v) is 11.8. The number of thiazole rings is 1. The summed E-state index contributed by atoms with van der Waals surface area (Å²) in [4.78, 5) is 17.5. The zero-order valence-corrected chi connectivity index (χ0v) is 18.4. The Kier molecular flexibility index (Phi) is 5.64. The van der Waals surface area contributed by atoms with Crippen molar-refractivity contribution in [2.45, 2.75) is 38.6 Å². The molecular weight excluding hydrogens is 408 g/mol. The molecule has 2 aliphatic rings. The molecule has 5 nitrogen and oxygen atoms in total. The summed E-state index contributed by atoms with van der Waals surface area (Å²) in [6, 6.07) is 14.5. The molecule has 1 unspecified atom stereocenters. The highest BCUT2D eigenvalue weighted by Crippen LogP contribution is 2.43. The van der Waals surface area contributed by atoms with E-state index in [0.717, 1.165) is 52.6 Å². The number of aryl methyl sites for hydroxylation is 1. The fourth-order valence-corrected chi connectivity index (χ4v) is 4.77. The third kappa shape index (κ3) is 4.59. The van der Waals surface area contributed by atoms with Gasteiger partial charge in [0.25, 0.3) is 0 Å². The normalized spacial score (nSPS) is 16.0. The second-order valence-corrected chi connectivity index (χ2v) is 9.02. The molecule has 0 radical (unpaired) electrons. The fourth-order valence-electron chi connectivity index (χ4n) is 3.95. The van der Waals surface area contributed by atoms with E-state index in [4.69, 9.17) is 14.5 Å². The summed E-state index contributed by atoms with van der Waals surface area (Å²) in [5.74, 6) is 2.03. The Balaban J connectivity index is 1.26. The average molecular weight is 435 g/mol. The summed E-state index contributed by atoms with van der Waals surface area (Å²) < 4.78 is 11.4. The lowest BCUT2D eigenvalue weighted by Gasteiger charge is -2.23. The van der Waals surface area contributed by atoms with Gasteiger partial charge in [-0.1, -0.05) is 37.3 Å². The molecule has 6 heteroatoms. The van der Waals surface area contributed by atoms with Crippen LogP contribution in [0.15, 0.2) is 47.8 Å². The molecule has 1 aromatic heterocycles. The smallest absolute Gasteiger partial charge is 0.226 e. The van der Waals surface area contributed by atoms with Gasteiger partial charge in [-0.25, -0.2) is 4.98 Å². The van der Waals surface area contributed by atoms with Gasteiger partial charge in [-0.05, 0) is 48.4 Å². The van der Waals surface area contributed by atoms with Crippen molar-refractivity contribution in [1.82, 2.24) is 10.3 Å². The van der Waals surface area contributed by atoms with Crippen molar-refractivity contribution in [1.29, 1.82) is 0 Å². The van der Waals surface area contributed by atoms with Crippen LogP contribution in [0.2, 0.25) is 0 Å². The van der Waals surface area contributed by atoms with Gasteiger partial charge in [0.05, 0.1) is 18.2 Å². The highest BCUT2D eigenvalue weighted by atomic mass is 32.1. The van der Waals surface area contributed by atoms with Crippen LogP contribution >= 0.6 is 11.3 Å². The fraction of sp³-hybridized carbons (Fsp3) is 0.360. The third-order valence-corrected chi connectivity index (χ3v) is 6.78. The van der Waals surface area contributed by atoms with Gasteiger partial charge in [0, 0.05) is 10.9 Å². The molecule has 3 aromatic rings. The van der Waals surface area contributed by atoms with Crippen molar-refractivity contribution in [2.24, 2.45) is 5.92 Å². The molecule has 1 saturated carbocycles. The minimum atomic E-state index is 0.00280. The SMILES string of the molecule is CCc1ccc(-c2nc(CC(=O)NC(c3ccc4c(c3)OCCO4)C3CC3)cs2)cc1. The average Bonchev–Trinajstić information content (AvgIpc) is 3.55. The maximum Gasteiger partial charge on any atom is 0.226 e. The minimum Gasteiger partial charge on any atom is -0.486 e. The van der Waals surface area contributed by atoms with Crippen molar-refractivity contribution in [2.75, 3.05) is 13.2 Å². The van der Waals surface area contributed by atoms with Crippen LogP contribution in [-0.4, -0.2) is 24.1 Å². The highest BCUT2D eigenvalue weighted by molar-refractivity contribution is 7.13. The van der Waals surface area contributed by atoms with Gasteiger partial charge in [-0.2, -0.15) is 0 Å². The minimum absolute atomic E-state index is 0.00280. The number of aromatic nitrogens is 1. The Hall–Kier alpha value is -2.86. The molecule has 0 bridgehead atoms. The molecule has 160 valence electrons. The molecular formula is C25H26N2O3S. The molecule has 1 fully saturated rings. The van der Waals surface area contributed by atoms with Crippen LogP contribution in [-0.2, 0) is 17.6 Å². The molecule has 0 spiro atoms. The first-order chi connectivity index (χ1) is 15.2. The summed E-state index contributed by atoms with van der Waals surface area (Å²) in [5, 5.41) is 6.18. The van der Waals surface area contributed by atoms with Crippen LogP contribution < -0.4 is 14.8 Å². The number of nitrogens with one attached hydrogen (secondary N) is 1. The van der Waals surface area contributed by atoms with Crippen LogP contribution in [0.25, 0.3) is 10.6 Å². The molecule has 1 amide bonds. The second-order valence-electron chi connectivity index (χ2n) is 8.16. The molecule has 2 aromatic carbocycles. The van der Waals surface area contributed by atoms with Gasteiger partial charge >= 0.3 is 0 Å². The standard InChI is InChI=1S/C25H26N2O3S/c1-2-16-3-5-18(6-4-16)25-26-20(15-31-25)14-23(28)27-24(17-7-8-17)19-9-10-21-22(13-19)30-12-11-29-21/h3-6,9-10,13,15,17,24H,2,7-8,11-12,14H2,1H3,(H,27,28). The number of benzene rings is 2. The van der Waals surface area contributed by atoms with Crippen molar-refractivity contribution < 1.29 is 14.3 Å². The van der Waals surface area contributed by atoms with Gasteiger partial charge in [0.1, 0.15) is 18.2 Å². The lowest BCUT2D eigenvalue weighted by molar-refractivity contribution is -0.121. The number of hydrogen-bond donors (Lipinski definition) is 1. The Bertz CT molecular complexity index is 1070. The monoisotopic (exact) mass is 434 g/mol. The highest BCUT2D eigenvalue weighted by Gasteiger charge is 2.34. The predicted octanol–water partition coefficient (Wildman–Crippen LogP) is 4.95. The third-order valence-electron chi connectivity index (χ3n) is 5.84. The lowest BCUT2D eigenvalue weighted by Crippen LogP contribution is -2.31. The van der Waals surface area contributed by atoms with Gasteiger partial charge in [0.2, 0.25) is 5.91 Å². The van der Waals surface area contributed by atoms with E-state index in [1.165, 1.54) is 5.56 Å². The number of fused-ring (bicyclic) bond motifs is 1. The van der Waals surface area contributed by atoms with Gasteiger partial charge in [-0.3, -0.25) is 4.79 Å². The van der Waals surface area contributed by atoms with Crippen LogP contribution in [0.3, 0.4) is 0 Å². The number of amides is 1. The maximum absolute atomic E-state index is 12.8. The Morgan fingerprint density at radius 2 is 1.90 bits per heavy atom. The molecule has 1 aliphatic heterocycles. The second kappa shape index (κ2) is 8.71. The van der Waals surface area contributed by atoms with E-state index in [-0.39, 0.29) is 18.4 Å². The number of carbonyl (C=O) groups is 1. The first-order valence-electron chi connectivity index (χ1n) is 10.9. The van der Waals surface area contributed by atoms with Crippen LogP contribution in [0.4, 0.5) is 0 Å². The molecule has 1 atom stereocenters. The number of carbonyl (C=O) groups excluding carboxylic acids is 1. The van der Waals surface area contributed by atoms with Gasteiger partial charge in [-0.15, -0.1) is 11.3 Å². The Morgan fingerprint density at radius 1 is 1.13 bits per heavy atom. The van der Waals surface area contributed by atoms with E-state index in [2.05, 4.69) is 36.5 Å². The largest absolute Gasteiger partial charge is 0.486 e. The summed E-state index contributed by atoms with van der Waals surface area (Å²) >= 11 is 1.59. The first kappa shape index (κ1) is 20.1. The van der Waals surface area contributed by atoms with Gasteiger partial charge < -0.3 is 14.8 Å². The van der Waals surface area contributed by atoms with Crippen LogP contribution in [0.1, 0.15) is 42.6 Å². The Labute approximate surface area is 186 Å². The van der Waals surface area contributed by atoms with E-state index in [9.17, 15) is 4.79 Å². The lowest BCUT2D eigenvalue weighted by atomic mass is 10.0. The summed E-state index contributed by atoms with van der Waals surface area (Å²) in [7, 11) is 0. The van der Waals surface area contributed by atoms with Crippen LogP contribution in [0, 0.1) is 5.92 Å². The van der Waals surface area contributed by atoms with Gasteiger partial charge in [0.15, 0.2) is 11.5 Å². The van der Waals surface area contributed by atoms with E-state index >= 15 is 0 Å². The van der Waals surface area contributed by atoms with Crippen molar-refractivity contribution in [3.05, 3.63) is 64.7 Å². The topological polar surface area (TPSA) is 60.5 Å². The quantitative estimate of drug-likeness (QED) is 0.571. The number of hydrogen-bond acceptors (Lipinski definition) is 5. The van der Waals surface area contributed by atoms with Crippen molar-refractivity contribution >= 4 is 17.2 Å². The van der Waals surface area contributed by atoms with E-state index < -0.39 is 0 Å². The van der Waals surface area contributed by atoms with E-state index in [1.54, 1.807) is 11.3 Å². The number of rotatable bonds is 7. The van der Waals surface area contributed by atoms with Crippen LogP contribution in [0.5, 0.6) is 11.5 Å². The molecule has 1 aliphatic carbocycles. The Morgan fingerprint density at radius 3 is 2.65 bits per heavy atom. The summed E-state index contributed by atoms with van der Waals surface area (Å²) in [6.45, 7) is 3.28. The summed E-state index contributed by atoms with van der Waals surface area (Å²) in [6.07, 6.45) is 3.58. The molecule has 5 rings (SSSR count). The zero-order chi connectivity index (χ0) is 21.2. The van der Waals surface area contributed by atoms with Crippen molar-refractivity contribution in [3.8, 4) is 22.1 Å². The molecule has 2 heterocycles. The maximum atomic E-state index is 12.8. The number of nitrogens with zero attached hydrogens (tertiary/aromatic N) is 1. The van der Waals surface area contributed by atoms with Crippen molar-refractivity contribution in [3.63, 3.8) is 0 Å². The number of ether oxygens (including phenoxy) is 2. The van der Waals surface area contributed by atoms with E-state index in [1.807, 2.05) is 23.6 Å². The molecule has 0 saturated heterocycles. The zero-order valence-electron chi connectivity index (χ0n) is 17.6. The molecule has 31 heavy (non-hydrogen) atoms. The predicted molar refractivity (Wildman–Crippen MR) is 122 cm³/mol. The summed E-state index contributed by atoms with van der Waals surface area (Å²) in [5.41, 5.74) is 4.30.